The predicted molar refractivity (Wildman–Crippen MR) is 114 cm³/mol. The van der Waals surface area contributed by atoms with Gasteiger partial charge in [-0.25, -0.2) is 12.8 Å². The smallest absolute Gasteiger partial charge is 0.271 e. The van der Waals surface area contributed by atoms with Gasteiger partial charge in [0.05, 0.1) is 21.2 Å². The summed E-state index contributed by atoms with van der Waals surface area (Å²) in [6.45, 7) is 1.67. The summed E-state index contributed by atoms with van der Waals surface area (Å²) in [4.78, 5) is 22.9. The lowest BCUT2D eigenvalue weighted by molar-refractivity contribution is -0.384. The van der Waals surface area contributed by atoms with Gasteiger partial charge in [-0.2, -0.15) is 0 Å². The number of nitrogens with one attached hydrogen (secondary N) is 1. The third kappa shape index (κ3) is 4.53. The summed E-state index contributed by atoms with van der Waals surface area (Å²) < 4.78 is 40.7. The number of benzene rings is 3. The Bertz CT molecular complexity index is 1280. The number of para-hydroxylation sites is 1. The van der Waals surface area contributed by atoms with Crippen molar-refractivity contribution in [1.82, 2.24) is 0 Å². The van der Waals surface area contributed by atoms with Crippen LogP contribution in [-0.4, -0.2) is 26.3 Å². The zero-order valence-corrected chi connectivity index (χ0v) is 17.4. The van der Waals surface area contributed by atoms with Gasteiger partial charge in [0.15, 0.2) is 0 Å². The molecule has 0 fully saturated rings. The summed E-state index contributed by atoms with van der Waals surface area (Å²) in [5.41, 5.74) is 0.528. The zero-order chi connectivity index (χ0) is 22.8. The van der Waals surface area contributed by atoms with E-state index in [0.29, 0.717) is 5.56 Å². The van der Waals surface area contributed by atoms with Crippen molar-refractivity contribution in [3.05, 3.63) is 93.8 Å². The van der Waals surface area contributed by atoms with E-state index in [1.165, 1.54) is 61.6 Å². The molecule has 0 spiro atoms. The summed E-state index contributed by atoms with van der Waals surface area (Å²) in [7, 11) is -2.93. The van der Waals surface area contributed by atoms with E-state index in [0.717, 1.165) is 16.4 Å². The number of anilines is 2. The normalized spacial score (nSPS) is 11.1. The first kappa shape index (κ1) is 21.9. The summed E-state index contributed by atoms with van der Waals surface area (Å²) in [5, 5.41) is 13.5. The van der Waals surface area contributed by atoms with Crippen LogP contribution >= 0.6 is 0 Å². The molecule has 10 heteroatoms. The number of nitro benzene ring substituents is 1. The highest BCUT2D eigenvalue weighted by Crippen LogP contribution is 2.26. The lowest BCUT2D eigenvalue weighted by atomic mass is 10.1. The Kier molecular flexibility index (Phi) is 6.02. The number of rotatable bonds is 6. The van der Waals surface area contributed by atoms with E-state index < -0.39 is 26.7 Å². The number of nitrogens with zero attached hydrogens (tertiary/aromatic N) is 2. The topological polar surface area (TPSA) is 110 Å². The molecule has 3 rings (SSSR count). The minimum Gasteiger partial charge on any atom is -0.321 e. The fourth-order valence-corrected chi connectivity index (χ4v) is 4.09. The summed E-state index contributed by atoms with van der Waals surface area (Å²) in [5.74, 6) is -1.35. The molecule has 0 heterocycles. The summed E-state index contributed by atoms with van der Waals surface area (Å²) in [6, 6.07) is 14.7. The molecule has 1 amide bonds. The van der Waals surface area contributed by atoms with Gasteiger partial charge in [-0.15, -0.1) is 0 Å². The number of hydrogen-bond donors (Lipinski definition) is 1. The first-order valence-corrected chi connectivity index (χ1v) is 10.4. The van der Waals surface area contributed by atoms with Crippen molar-refractivity contribution in [3.63, 3.8) is 0 Å². The minimum atomic E-state index is -4.15. The molecule has 160 valence electrons. The zero-order valence-electron chi connectivity index (χ0n) is 16.6. The van der Waals surface area contributed by atoms with Crippen LogP contribution in [0.2, 0.25) is 0 Å². The van der Waals surface area contributed by atoms with E-state index in [2.05, 4.69) is 5.32 Å². The maximum absolute atomic E-state index is 14.0. The van der Waals surface area contributed by atoms with E-state index in [4.69, 9.17) is 0 Å². The van der Waals surface area contributed by atoms with Crippen LogP contribution in [0.25, 0.3) is 0 Å². The van der Waals surface area contributed by atoms with Crippen molar-refractivity contribution in [3.8, 4) is 0 Å². The number of sulfonamides is 1. The molecule has 0 radical (unpaired) electrons. The Morgan fingerprint density at radius 2 is 1.77 bits per heavy atom. The van der Waals surface area contributed by atoms with Gasteiger partial charge < -0.3 is 5.32 Å². The molecule has 1 N–H and O–H groups in total. The second-order valence-corrected chi connectivity index (χ2v) is 8.63. The first-order valence-electron chi connectivity index (χ1n) is 9.01. The molecule has 0 saturated heterocycles. The highest BCUT2D eigenvalue weighted by atomic mass is 32.2. The number of amides is 1. The van der Waals surface area contributed by atoms with Gasteiger partial charge in [0.25, 0.3) is 21.6 Å². The molecule has 3 aromatic carbocycles. The van der Waals surface area contributed by atoms with E-state index in [9.17, 15) is 27.7 Å². The van der Waals surface area contributed by atoms with Crippen LogP contribution in [0.15, 0.2) is 71.6 Å². The molecule has 0 aliphatic carbocycles. The lowest BCUT2D eigenvalue weighted by Gasteiger charge is -2.20. The van der Waals surface area contributed by atoms with Crippen LogP contribution in [0.1, 0.15) is 15.9 Å². The van der Waals surface area contributed by atoms with Crippen LogP contribution in [0, 0.1) is 22.9 Å². The number of aryl methyl sites for hydroxylation is 1. The molecule has 0 bridgehead atoms. The SMILES string of the molecule is Cc1ccc([N+](=O)[O-])cc1NC(=O)c1cccc(S(=O)(=O)N(C)c2ccccc2F)c1. The van der Waals surface area contributed by atoms with Gasteiger partial charge in [0.1, 0.15) is 5.82 Å². The predicted octanol–water partition coefficient (Wildman–Crippen LogP) is 4.12. The minimum absolute atomic E-state index is 0.0221. The molecule has 31 heavy (non-hydrogen) atoms. The third-order valence-electron chi connectivity index (χ3n) is 4.63. The van der Waals surface area contributed by atoms with Gasteiger partial charge in [-0.05, 0) is 42.8 Å². The number of non-ortho nitro benzene ring substituents is 1. The lowest BCUT2D eigenvalue weighted by Crippen LogP contribution is -2.27. The number of carbonyl (C=O) groups is 1. The van der Waals surface area contributed by atoms with Gasteiger partial charge in [0, 0.05) is 24.7 Å². The Morgan fingerprint density at radius 1 is 1.06 bits per heavy atom. The number of carbonyl (C=O) groups excluding carboxylic acids is 1. The summed E-state index contributed by atoms with van der Waals surface area (Å²) >= 11 is 0. The molecule has 0 unspecified atom stereocenters. The Balaban J connectivity index is 1.91. The molecular formula is C21H18FN3O5S. The second kappa shape index (κ2) is 8.52. The van der Waals surface area contributed by atoms with Crippen LogP contribution < -0.4 is 9.62 Å². The van der Waals surface area contributed by atoms with Crippen molar-refractivity contribution < 1.29 is 22.5 Å². The van der Waals surface area contributed by atoms with Crippen LogP contribution in [-0.2, 0) is 10.0 Å². The molecule has 0 atom stereocenters. The fraction of sp³-hybridized carbons (Fsp3) is 0.0952. The number of nitro groups is 1. The molecule has 0 aromatic heterocycles. The third-order valence-corrected chi connectivity index (χ3v) is 6.39. The highest BCUT2D eigenvalue weighted by Gasteiger charge is 2.24. The summed E-state index contributed by atoms with van der Waals surface area (Å²) in [6.07, 6.45) is 0. The Morgan fingerprint density at radius 3 is 2.45 bits per heavy atom. The van der Waals surface area contributed by atoms with Crippen molar-refractivity contribution in [2.45, 2.75) is 11.8 Å². The molecule has 8 nitrogen and oxygen atoms in total. The van der Waals surface area contributed by atoms with Crippen LogP contribution in [0.5, 0.6) is 0 Å². The van der Waals surface area contributed by atoms with Gasteiger partial charge in [-0.1, -0.05) is 24.3 Å². The van der Waals surface area contributed by atoms with E-state index in [1.54, 1.807) is 6.92 Å². The maximum Gasteiger partial charge on any atom is 0.271 e. The van der Waals surface area contributed by atoms with Crippen LogP contribution in [0.4, 0.5) is 21.5 Å². The molecule has 0 aliphatic rings. The fourth-order valence-electron chi connectivity index (χ4n) is 2.85. The number of hydrogen-bond acceptors (Lipinski definition) is 5. The van der Waals surface area contributed by atoms with E-state index >= 15 is 0 Å². The van der Waals surface area contributed by atoms with E-state index in [1.807, 2.05) is 0 Å². The van der Waals surface area contributed by atoms with Crippen molar-refractivity contribution >= 4 is 33.0 Å². The first-order chi connectivity index (χ1) is 14.6. The quantitative estimate of drug-likeness (QED) is 0.455. The second-order valence-electron chi connectivity index (χ2n) is 6.66. The Labute approximate surface area is 178 Å². The highest BCUT2D eigenvalue weighted by molar-refractivity contribution is 7.92. The number of halogens is 1. The van der Waals surface area contributed by atoms with Gasteiger partial charge >= 0.3 is 0 Å². The van der Waals surface area contributed by atoms with Crippen molar-refractivity contribution in [2.24, 2.45) is 0 Å². The largest absolute Gasteiger partial charge is 0.321 e. The standard InChI is InChI=1S/C21H18FN3O5S/c1-14-10-11-16(25(27)28)13-19(14)23-21(26)15-6-5-7-17(12-15)31(29,30)24(2)20-9-4-3-8-18(20)22/h3-13H,1-2H3,(H,23,26). The average molecular weight is 443 g/mol. The van der Waals surface area contributed by atoms with Crippen molar-refractivity contribution in [2.75, 3.05) is 16.7 Å². The average Bonchev–Trinajstić information content (AvgIpc) is 2.75. The van der Waals surface area contributed by atoms with E-state index in [-0.39, 0.29) is 27.5 Å². The molecule has 3 aromatic rings. The molecule has 0 aliphatic heterocycles. The van der Waals surface area contributed by atoms with Crippen molar-refractivity contribution in [1.29, 1.82) is 0 Å². The van der Waals surface area contributed by atoms with Gasteiger partial charge in [-0.3, -0.25) is 19.2 Å². The Hall–Kier alpha value is -3.79. The molecule has 0 saturated carbocycles. The molecular weight excluding hydrogens is 425 g/mol. The van der Waals surface area contributed by atoms with Crippen LogP contribution in [0.3, 0.4) is 0 Å². The maximum atomic E-state index is 14.0. The monoisotopic (exact) mass is 443 g/mol. The van der Waals surface area contributed by atoms with Gasteiger partial charge in [0.2, 0.25) is 0 Å².